The third-order valence-corrected chi connectivity index (χ3v) is 3.69. The molecule has 0 atom stereocenters. The fourth-order valence-electron chi connectivity index (χ4n) is 1.71. The number of hydrogen-bond acceptors (Lipinski definition) is 2. The van der Waals surface area contributed by atoms with E-state index in [1.807, 2.05) is 30.3 Å². The minimum absolute atomic E-state index is 0.275. The Morgan fingerprint density at radius 1 is 1.19 bits per heavy atom. The van der Waals surface area contributed by atoms with Crippen LogP contribution in [0.2, 0.25) is 0 Å². The molecule has 6 heteroatoms. The van der Waals surface area contributed by atoms with Gasteiger partial charge in [-0.05, 0) is 39.7 Å². The van der Waals surface area contributed by atoms with E-state index in [0.717, 1.165) is 15.6 Å². The highest BCUT2D eigenvalue weighted by Crippen LogP contribution is 2.23. The molecular weight excluding hydrogens is 350 g/mol. The first-order chi connectivity index (χ1) is 10.1. The molecular formula is C15H14BrN3OS. The van der Waals surface area contributed by atoms with Crippen LogP contribution in [-0.2, 0) is 6.54 Å². The van der Waals surface area contributed by atoms with Gasteiger partial charge in [0.1, 0.15) is 4.99 Å². The van der Waals surface area contributed by atoms with Gasteiger partial charge < -0.3 is 16.4 Å². The van der Waals surface area contributed by atoms with Crippen molar-refractivity contribution < 1.29 is 4.79 Å². The second-order valence-electron chi connectivity index (χ2n) is 4.35. The van der Waals surface area contributed by atoms with Crippen molar-refractivity contribution in [1.29, 1.82) is 0 Å². The van der Waals surface area contributed by atoms with Gasteiger partial charge in [-0.1, -0.05) is 42.5 Å². The van der Waals surface area contributed by atoms with Crippen LogP contribution < -0.4 is 16.4 Å². The summed E-state index contributed by atoms with van der Waals surface area (Å²) in [5.74, 6) is 0. The zero-order valence-electron chi connectivity index (χ0n) is 11.1. The Kier molecular flexibility index (Phi) is 5.30. The molecule has 0 aliphatic heterocycles. The number of amides is 2. The van der Waals surface area contributed by atoms with Crippen LogP contribution in [0.5, 0.6) is 0 Å². The first kappa shape index (κ1) is 15.5. The van der Waals surface area contributed by atoms with E-state index in [1.54, 1.807) is 18.2 Å². The van der Waals surface area contributed by atoms with Crippen molar-refractivity contribution in [3.05, 3.63) is 64.1 Å². The zero-order valence-corrected chi connectivity index (χ0v) is 13.5. The van der Waals surface area contributed by atoms with Crippen molar-refractivity contribution in [2.24, 2.45) is 5.73 Å². The number of benzene rings is 2. The summed E-state index contributed by atoms with van der Waals surface area (Å²) in [5, 5.41) is 5.56. The molecule has 0 heterocycles. The summed E-state index contributed by atoms with van der Waals surface area (Å²) in [6.07, 6.45) is 0. The Bertz CT molecular complexity index is 661. The van der Waals surface area contributed by atoms with Gasteiger partial charge in [-0.3, -0.25) is 0 Å². The number of nitrogens with one attached hydrogen (secondary N) is 2. The first-order valence-corrected chi connectivity index (χ1v) is 7.44. The van der Waals surface area contributed by atoms with Crippen LogP contribution in [0, 0.1) is 0 Å². The standard InChI is InChI=1S/C15H14BrN3OS/c16-12-8-11(14(17)21)6-7-13(12)19-15(20)18-9-10-4-2-1-3-5-10/h1-8H,9H2,(H2,17,21)(H2,18,19,20). The van der Waals surface area contributed by atoms with Gasteiger partial charge in [-0.25, -0.2) is 4.79 Å². The summed E-state index contributed by atoms with van der Waals surface area (Å²) < 4.78 is 0.725. The second kappa shape index (κ2) is 7.19. The third kappa shape index (κ3) is 4.54. The molecule has 0 bridgehead atoms. The molecule has 2 amide bonds. The lowest BCUT2D eigenvalue weighted by atomic mass is 10.2. The van der Waals surface area contributed by atoms with Crippen molar-refractivity contribution in [1.82, 2.24) is 5.32 Å². The quantitative estimate of drug-likeness (QED) is 0.729. The van der Waals surface area contributed by atoms with Gasteiger partial charge >= 0.3 is 6.03 Å². The molecule has 4 N–H and O–H groups in total. The molecule has 2 rings (SSSR count). The molecule has 0 spiro atoms. The van der Waals surface area contributed by atoms with Gasteiger partial charge in [0.25, 0.3) is 0 Å². The molecule has 0 aromatic heterocycles. The Hall–Kier alpha value is -1.92. The Balaban J connectivity index is 1.95. The number of carbonyl (C=O) groups is 1. The second-order valence-corrected chi connectivity index (χ2v) is 5.65. The number of urea groups is 1. The molecule has 0 radical (unpaired) electrons. The molecule has 21 heavy (non-hydrogen) atoms. The Morgan fingerprint density at radius 3 is 2.52 bits per heavy atom. The van der Waals surface area contributed by atoms with Crippen molar-refractivity contribution in [2.75, 3.05) is 5.32 Å². The SMILES string of the molecule is NC(=S)c1ccc(NC(=O)NCc2ccccc2)c(Br)c1. The first-order valence-electron chi connectivity index (χ1n) is 6.24. The van der Waals surface area contributed by atoms with E-state index in [2.05, 4.69) is 26.6 Å². The van der Waals surface area contributed by atoms with Crippen LogP contribution in [0.15, 0.2) is 53.0 Å². The fourth-order valence-corrected chi connectivity index (χ4v) is 2.32. The number of carbonyl (C=O) groups excluding carboxylic acids is 1. The normalized spacial score (nSPS) is 9.95. The number of hydrogen-bond donors (Lipinski definition) is 3. The highest BCUT2D eigenvalue weighted by Gasteiger charge is 2.07. The third-order valence-electron chi connectivity index (χ3n) is 2.80. The fraction of sp³-hybridized carbons (Fsp3) is 0.0667. The number of halogens is 1. The van der Waals surface area contributed by atoms with Gasteiger partial charge in [0.2, 0.25) is 0 Å². The summed E-state index contributed by atoms with van der Waals surface area (Å²) >= 11 is 8.29. The molecule has 0 saturated carbocycles. The smallest absolute Gasteiger partial charge is 0.319 e. The van der Waals surface area contributed by atoms with E-state index in [-0.39, 0.29) is 6.03 Å². The maximum atomic E-state index is 11.9. The molecule has 2 aromatic rings. The van der Waals surface area contributed by atoms with Crippen LogP contribution in [0.25, 0.3) is 0 Å². The molecule has 0 unspecified atom stereocenters. The minimum atomic E-state index is -0.275. The summed E-state index contributed by atoms with van der Waals surface area (Å²) in [7, 11) is 0. The predicted octanol–water partition coefficient (Wildman–Crippen LogP) is 3.41. The van der Waals surface area contributed by atoms with E-state index in [1.165, 1.54) is 0 Å². The van der Waals surface area contributed by atoms with E-state index in [9.17, 15) is 4.79 Å². The summed E-state index contributed by atoms with van der Waals surface area (Å²) in [4.78, 5) is 12.2. The summed E-state index contributed by atoms with van der Waals surface area (Å²) in [5.41, 5.74) is 7.99. The number of thiocarbonyl (C=S) groups is 1. The molecule has 2 aromatic carbocycles. The van der Waals surface area contributed by atoms with Gasteiger partial charge in [-0.15, -0.1) is 0 Å². The monoisotopic (exact) mass is 363 g/mol. The maximum Gasteiger partial charge on any atom is 0.319 e. The van der Waals surface area contributed by atoms with Crippen molar-refractivity contribution >= 4 is 44.9 Å². The molecule has 0 saturated heterocycles. The topological polar surface area (TPSA) is 67.1 Å². The molecule has 0 aliphatic rings. The van der Waals surface area contributed by atoms with E-state index >= 15 is 0 Å². The largest absolute Gasteiger partial charge is 0.389 e. The van der Waals surface area contributed by atoms with Crippen LogP contribution in [0.3, 0.4) is 0 Å². The van der Waals surface area contributed by atoms with Crippen LogP contribution >= 0.6 is 28.1 Å². The number of rotatable bonds is 4. The van der Waals surface area contributed by atoms with Gasteiger partial charge in [0.15, 0.2) is 0 Å². The zero-order chi connectivity index (χ0) is 15.2. The summed E-state index contributed by atoms with van der Waals surface area (Å²) in [6.45, 7) is 0.468. The average Bonchev–Trinajstić information content (AvgIpc) is 2.48. The minimum Gasteiger partial charge on any atom is -0.389 e. The predicted molar refractivity (Wildman–Crippen MR) is 92.3 cm³/mol. The van der Waals surface area contributed by atoms with Crippen molar-refractivity contribution in [2.45, 2.75) is 6.54 Å². The van der Waals surface area contributed by atoms with E-state index < -0.39 is 0 Å². The molecule has 0 aliphatic carbocycles. The van der Waals surface area contributed by atoms with Gasteiger partial charge in [0.05, 0.1) is 5.69 Å². The highest BCUT2D eigenvalue weighted by atomic mass is 79.9. The van der Waals surface area contributed by atoms with Crippen LogP contribution in [0.4, 0.5) is 10.5 Å². The molecule has 108 valence electrons. The van der Waals surface area contributed by atoms with E-state index in [4.69, 9.17) is 18.0 Å². The lowest BCUT2D eigenvalue weighted by molar-refractivity contribution is 0.251. The van der Waals surface area contributed by atoms with Crippen molar-refractivity contribution in [3.8, 4) is 0 Å². The average molecular weight is 364 g/mol. The van der Waals surface area contributed by atoms with Gasteiger partial charge in [0, 0.05) is 16.6 Å². The Morgan fingerprint density at radius 2 is 1.90 bits per heavy atom. The molecule has 0 fully saturated rings. The lowest BCUT2D eigenvalue weighted by Crippen LogP contribution is -2.28. The number of nitrogens with two attached hydrogens (primary N) is 1. The summed E-state index contributed by atoms with van der Waals surface area (Å²) in [6, 6.07) is 14.7. The van der Waals surface area contributed by atoms with Crippen molar-refractivity contribution in [3.63, 3.8) is 0 Å². The maximum absolute atomic E-state index is 11.9. The number of anilines is 1. The lowest BCUT2D eigenvalue weighted by Gasteiger charge is -2.10. The Labute approximate surface area is 136 Å². The molecule has 4 nitrogen and oxygen atoms in total. The van der Waals surface area contributed by atoms with E-state index in [0.29, 0.717) is 17.2 Å². The van der Waals surface area contributed by atoms with Crippen LogP contribution in [0.1, 0.15) is 11.1 Å². The van der Waals surface area contributed by atoms with Crippen LogP contribution in [-0.4, -0.2) is 11.0 Å². The highest BCUT2D eigenvalue weighted by molar-refractivity contribution is 9.10. The van der Waals surface area contributed by atoms with Gasteiger partial charge in [-0.2, -0.15) is 0 Å².